The Balaban J connectivity index is 1.84. The number of nitrogens with one attached hydrogen (secondary N) is 1. The minimum atomic E-state index is -0.0975. The van der Waals surface area contributed by atoms with Crippen molar-refractivity contribution in [2.45, 2.75) is 26.3 Å². The molecule has 2 aromatic rings. The molecule has 0 atom stereocenters. The molecule has 1 aliphatic heterocycles. The van der Waals surface area contributed by atoms with Crippen LogP contribution in [0.25, 0.3) is 0 Å². The first-order valence-corrected chi connectivity index (χ1v) is 7.42. The minimum absolute atomic E-state index is 0.0712. The van der Waals surface area contributed by atoms with Crippen LogP contribution in [0, 0.1) is 0 Å². The van der Waals surface area contributed by atoms with Crippen LogP contribution in [-0.2, 0) is 11.3 Å². The van der Waals surface area contributed by atoms with Crippen LogP contribution >= 0.6 is 0 Å². The molecule has 0 unspecified atom stereocenters. The standard InChI is InChI=1S/C16H18N4O2/c1-2-14(21)18-13-6-3-5-12(11-13)15(22)20-9-4-8-19-10-7-17-16(19)20/h3,5-7,10-11H,2,4,8-9H2,1H3,(H,18,21). The Morgan fingerprint density at radius 1 is 1.32 bits per heavy atom. The summed E-state index contributed by atoms with van der Waals surface area (Å²) < 4.78 is 1.98. The quantitative estimate of drug-likeness (QED) is 0.945. The number of imidazole rings is 1. The third kappa shape index (κ3) is 2.72. The lowest BCUT2D eigenvalue weighted by Crippen LogP contribution is -2.37. The lowest BCUT2D eigenvalue weighted by molar-refractivity contribution is -0.115. The van der Waals surface area contributed by atoms with Gasteiger partial charge in [0.25, 0.3) is 5.91 Å². The Morgan fingerprint density at radius 2 is 2.18 bits per heavy atom. The summed E-state index contributed by atoms with van der Waals surface area (Å²) in [6.07, 6.45) is 4.90. The summed E-state index contributed by atoms with van der Waals surface area (Å²) in [7, 11) is 0. The molecule has 0 saturated carbocycles. The van der Waals surface area contributed by atoms with Crippen molar-refractivity contribution in [1.29, 1.82) is 0 Å². The van der Waals surface area contributed by atoms with Crippen LogP contribution in [0.3, 0.4) is 0 Å². The molecular formula is C16H18N4O2. The first-order valence-electron chi connectivity index (χ1n) is 7.42. The highest BCUT2D eigenvalue weighted by molar-refractivity contribution is 6.06. The second-order valence-corrected chi connectivity index (χ2v) is 5.21. The lowest BCUT2D eigenvalue weighted by atomic mass is 10.1. The maximum atomic E-state index is 12.7. The van der Waals surface area contributed by atoms with Gasteiger partial charge in [0.2, 0.25) is 11.9 Å². The van der Waals surface area contributed by atoms with E-state index in [1.165, 1.54) is 0 Å². The summed E-state index contributed by atoms with van der Waals surface area (Å²) in [5.74, 6) is 0.511. The van der Waals surface area contributed by atoms with E-state index in [9.17, 15) is 9.59 Å². The lowest BCUT2D eigenvalue weighted by Gasteiger charge is -2.27. The number of carbonyl (C=O) groups is 2. The maximum Gasteiger partial charge on any atom is 0.260 e. The molecule has 0 radical (unpaired) electrons. The van der Waals surface area contributed by atoms with E-state index in [4.69, 9.17) is 0 Å². The molecule has 22 heavy (non-hydrogen) atoms. The van der Waals surface area contributed by atoms with Gasteiger partial charge in [0.1, 0.15) is 0 Å². The summed E-state index contributed by atoms with van der Waals surface area (Å²) in [5, 5.41) is 2.77. The molecule has 6 heteroatoms. The Kier molecular flexibility index (Phi) is 3.91. The van der Waals surface area contributed by atoms with Crippen molar-refractivity contribution >= 4 is 23.5 Å². The fourth-order valence-electron chi connectivity index (χ4n) is 2.55. The normalized spacial score (nSPS) is 13.6. The van der Waals surface area contributed by atoms with Crippen LogP contribution in [0.15, 0.2) is 36.7 Å². The molecule has 114 valence electrons. The molecule has 0 bridgehead atoms. The monoisotopic (exact) mass is 298 g/mol. The van der Waals surface area contributed by atoms with Gasteiger partial charge >= 0.3 is 0 Å². The van der Waals surface area contributed by atoms with Gasteiger partial charge < -0.3 is 9.88 Å². The fourth-order valence-corrected chi connectivity index (χ4v) is 2.55. The van der Waals surface area contributed by atoms with Crippen LogP contribution in [0.2, 0.25) is 0 Å². The molecule has 1 aromatic carbocycles. The molecule has 0 saturated heterocycles. The summed E-state index contributed by atoms with van der Waals surface area (Å²) in [5.41, 5.74) is 1.18. The second-order valence-electron chi connectivity index (χ2n) is 5.21. The minimum Gasteiger partial charge on any atom is -0.326 e. The van der Waals surface area contributed by atoms with E-state index in [0.29, 0.717) is 30.2 Å². The van der Waals surface area contributed by atoms with E-state index < -0.39 is 0 Å². The molecule has 2 heterocycles. The number of nitrogens with zero attached hydrogens (tertiary/aromatic N) is 3. The van der Waals surface area contributed by atoms with Crippen LogP contribution in [0.4, 0.5) is 11.6 Å². The van der Waals surface area contributed by atoms with Crippen molar-refractivity contribution in [1.82, 2.24) is 9.55 Å². The van der Waals surface area contributed by atoms with E-state index >= 15 is 0 Å². The van der Waals surface area contributed by atoms with Gasteiger partial charge in [-0.25, -0.2) is 4.98 Å². The highest BCUT2D eigenvalue weighted by Gasteiger charge is 2.24. The predicted molar refractivity (Wildman–Crippen MR) is 83.9 cm³/mol. The number of anilines is 2. The zero-order valence-corrected chi connectivity index (χ0v) is 12.5. The van der Waals surface area contributed by atoms with Gasteiger partial charge in [-0.3, -0.25) is 14.5 Å². The SMILES string of the molecule is CCC(=O)Nc1cccc(C(=O)N2CCCn3ccnc32)c1. The first-order chi connectivity index (χ1) is 10.7. The molecule has 0 spiro atoms. The predicted octanol–water partition coefficient (Wildman–Crippen LogP) is 2.28. The van der Waals surface area contributed by atoms with Gasteiger partial charge in [-0.05, 0) is 24.6 Å². The second kappa shape index (κ2) is 6.01. The number of fused-ring (bicyclic) bond motifs is 1. The summed E-state index contributed by atoms with van der Waals surface area (Å²) in [4.78, 5) is 30.2. The average molecular weight is 298 g/mol. The van der Waals surface area contributed by atoms with E-state index in [-0.39, 0.29) is 11.8 Å². The molecule has 1 N–H and O–H groups in total. The zero-order valence-electron chi connectivity index (χ0n) is 12.5. The highest BCUT2D eigenvalue weighted by Crippen LogP contribution is 2.21. The largest absolute Gasteiger partial charge is 0.326 e. The van der Waals surface area contributed by atoms with Gasteiger partial charge in [-0.15, -0.1) is 0 Å². The Morgan fingerprint density at radius 3 is 3.00 bits per heavy atom. The third-order valence-electron chi connectivity index (χ3n) is 3.68. The number of benzene rings is 1. The Labute approximate surface area is 128 Å². The summed E-state index contributed by atoms with van der Waals surface area (Å²) in [6, 6.07) is 7.01. The first kappa shape index (κ1) is 14.3. The number of rotatable bonds is 3. The number of carbonyl (C=O) groups excluding carboxylic acids is 2. The van der Waals surface area contributed by atoms with Gasteiger partial charge in [0.15, 0.2) is 0 Å². The fraction of sp³-hybridized carbons (Fsp3) is 0.312. The number of hydrogen-bond acceptors (Lipinski definition) is 3. The highest BCUT2D eigenvalue weighted by atomic mass is 16.2. The smallest absolute Gasteiger partial charge is 0.260 e. The van der Waals surface area contributed by atoms with Crippen molar-refractivity contribution in [2.24, 2.45) is 0 Å². The number of amides is 2. The van der Waals surface area contributed by atoms with Gasteiger partial charge in [0.05, 0.1) is 0 Å². The van der Waals surface area contributed by atoms with Gasteiger partial charge in [0, 0.05) is 43.2 Å². The Hall–Kier alpha value is -2.63. The van der Waals surface area contributed by atoms with E-state index in [1.54, 1.807) is 42.3 Å². The van der Waals surface area contributed by atoms with Crippen LogP contribution < -0.4 is 10.2 Å². The molecule has 0 aliphatic carbocycles. The molecule has 6 nitrogen and oxygen atoms in total. The zero-order chi connectivity index (χ0) is 15.5. The maximum absolute atomic E-state index is 12.7. The van der Waals surface area contributed by atoms with Crippen molar-refractivity contribution in [3.05, 3.63) is 42.2 Å². The average Bonchev–Trinajstić information content (AvgIpc) is 3.03. The summed E-state index contributed by atoms with van der Waals surface area (Å²) in [6.45, 7) is 3.32. The van der Waals surface area contributed by atoms with E-state index in [2.05, 4.69) is 10.3 Å². The van der Waals surface area contributed by atoms with E-state index in [0.717, 1.165) is 13.0 Å². The molecule has 1 aliphatic rings. The molecule has 2 amide bonds. The van der Waals surface area contributed by atoms with Crippen molar-refractivity contribution in [3.63, 3.8) is 0 Å². The molecule has 3 rings (SSSR count). The number of hydrogen-bond donors (Lipinski definition) is 1. The van der Waals surface area contributed by atoms with Crippen LogP contribution in [-0.4, -0.2) is 27.9 Å². The van der Waals surface area contributed by atoms with Gasteiger partial charge in [-0.1, -0.05) is 13.0 Å². The molecule has 0 fully saturated rings. The molecular weight excluding hydrogens is 280 g/mol. The number of aromatic nitrogens is 2. The van der Waals surface area contributed by atoms with Crippen LogP contribution in [0.5, 0.6) is 0 Å². The van der Waals surface area contributed by atoms with Crippen molar-refractivity contribution in [3.8, 4) is 0 Å². The molecule has 1 aromatic heterocycles. The van der Waals surface area contributed by atoms with Crippen LogP contribution in [0.1, 0.15) is 30.1 Å². The number of aryl methyl sites for hydroxylation is 1. The van der Waals surface area contributed by atoms with Gasteiger partial charge in [-0.2, -0.15) is 0 Å². The topological polar surface area (TPSA) is 67.2 Å². The summed E-state index contributed by atoms with van der Waals surface area (Å²) >= 11 is 0. The third-order valence-corrected chi connectivity index (χ3v) is 3.68. The van der Waals surface area contributed by atoms with Crippen molar-refractivity contribution < 1.29 is 9.59 Å². The van der Waals surface area contributed by atoms with Crippen molar-refractivity contribution in [2.75, 3.05) is 16.8 Å². The van der Waals surface area contributed by atoms with E-state index in [1.807, 2.05) is 10.8 Å². The Bertz CT molecular complexity index is 708.